The van der Waals surface area contributed by atoms with Gasteiger partial charge in [-0.1, -0.05) is 35.3 Å². The van der Waals surface area contributed by atoms with Crippen molar-refractivity contribution in [1.29, 1.82) is 0 Å². The summed E-state index contributed by atoms with van der Waals surface area (Å²) in [5.74, 6) is 0.271. The first kappa shape index (κ1) is 18.7. The Balaban J connectivity index is 2.07. The number of anilines is 1. The standard InChI is InChI=1S/C18H13Cl2N5O2S/c1-28(26,27)18-22-15(10-3-2-4-12(20)9-10)14-16(21)25(24-17(14)23-18)13-7-5-11(19)6-8-13/h2-9H,21H2,1H3. The summed E-state index contributed by atoms with van der Waals surface area (Å²) >= 11 is 12.1. The van der Waals surface area contributed by atoms with Crippen LogP contribution in [0.3, 0.4) is 0 Å². The normalized spacial score (nSPS) is 11.8. The fraction of sp³-hybridized carbons (Fsp3) is 0.0556. The lowest BCUT2D eigenvalue weighted by Crippen LogP contribution is -2.05. The van der Waals surface area contributed by atoms with Crippen molar-refractivity contribution >= 4 is 49.9 Å². The predicted octanol–water partition coefficient (Wildman–Crippen LogP) is 3.78. The zero-order valence-electron chi connectivity index (χ0n) is 14.5. The lowest BCUT2D eigenvalue weighted by molar-refractivity contribution is 0.593. The number of nitrogens with two attached hydrogens (primary N) is 1. The number of hydrogen-bond donors (Lipinski definition) is 1. The average molecular weight is 434 g/mol. The minimum atomic E-state index is -3.67. The van der Waals surface area contributed by atoms with Gasteiger partial charge in [0.25, 0.3) is 0 Å². The van der Waals surface area contributed by atoms with Gasteiger partial charge < -0.3 is 5.73 Å². The van der Waals surface area contributed by atoms with Gasteiger partial charge in [0.15, 0.2) is 5.65 Å². The number of benzene rings is 2. The highest BCUT2D eigenvalue weighted by Gasteiger charge is 2.22. The van der Waals surface area contributed by atoms with Gasteiger partial charge in [0.2, 0.25) is 15.0 Å². The molecule has 0 saturated heterocycles. The molecule has 0 bridgehead atoms. The SMILES string of the molecule is CS(=O)(=O)c1nc(-c2cccc(Cl)c2)c2c(N)n(-c3ccc(Cl)cc3)nc2n1. The second-order valence-corrected chi connectivity index (χ2v) is 8.89. The van der Waals surface area contributed by atoms with E-state index in [1.165, 1.54) is 4.68 Å². The number of halogens is 2. The van der Waals surface area contributed by atoms with Crippen LogP contribution in [-0.4, -0.2) is 34.4 Å². The Hall–Kier alpha value is -2.68. The molecule has 0 saturated carbocycles. The number of hydrogen-bond acceptors (Lipinski definition) is 6. The Bertz CT molecular complexity index is 1320. The van der Waals surface area contributed by atoms with E-state index in [-0.39, 0.29) is 16.6 Å². The molecule has 0 aliphatic rings. The number of fused-ring (bicyclic) bond motifs is 1. The van der Waals surface area contributed by atoms with Gasteiger partial charge in [-0.3, -0.25) is 0 Å². The molecule has 0 amide bonds. The van der Waals surface area contributed by atoms with Crippen molar-refractivity contribution < 1.29 is 8.42 Å². The first-order valence-corrected chi connectivity index (χ1v) is 10.7. The monoisotopic (exact) mass is 433 g/mol. The van der Waals surface area contributed by atoms with Crippen LogP contribution in [0.15, 0.2) is 53.7 Å². The summed E-state index contributed by atoms with van der Waals surface area (Å²) in [6.07, 6.45) is 1.04. The highest BCUT2D eigenvalue weighted by Crippen LogP contribution is 2.33. The zero-order chi connectivity index (χ0) is 20.1. The molecule has 28 heavy (non-hydrogen) atoms. The third kappa shape index (κ3) is 3.30. The van der Waals surface area contributed by atoms with Gasteiger partial charge in [-0.05, 0) is 36.4 Å². The molecule has 2 N–H and O–H groups in total. The molecule has 0 aliphatic heterocycles. The Labute approximate surface area is 170 Å². The van der Waals surface area contributed by atoms with Gasteiger partial charge in [0.05, 0.1) is 16.8 Å². The third-order valence-electron chi connectivity index (χ3n) is 4.05. The zero-order valence-corrected chi connectivity index (χ0v) is 16.8. The van der Waals surface area contributed by atoms with Crippen molar-refractivity contribution in [3.8, 4) is 16.9 Å². The Kier molecular flexibility index (Phi) is 4.49. The Morgan fingerprint density at radius 1 is 1.00 bits per heavy atom. The van der Waals surface area contributed by atoms with E-state index in [9.17, 15) is 8.42 Å². The van der Waals surface area contributed by atoms with E-state index in [1.54, 1.807) is 48.5 Å². The highest BCUT2D eigenvalue weighted by atomic mass is 35.5. The van der Waals surface area contributed by atoms with E-state index in [4.69, 9.17) is 28.9 Å². The molecule has 142 valence electrons. The van der Waals surface area contributed by atoms with E-state index in [2.05, 4.69) is 15.1 Å². The van der Waals surface area contributed by atoms with E-state index in [1.807, 2.05) is 0 Å². The van der Waals surface area contributed by atoms with Gasteiger partial charge in [-0.2, -0.15) is 4.98 Å². The summed E-state index contributed by atoms with van der Waals surface area (Å²) < 4.78 is 25.7. The molecule has 7 nitrogen and oxygen atoms in total. The van der Waals surface area contributed by atoms with E-state index in [0.717, 1.165) is 6.26 Å². The lowest BCUT2D eigenvalue weighted by atomic mass is 10.1. The second-order valence-electron chi connectivity index (χ2n) is 6.11. The van der Waals surface area contributed by atoms with Crippen molar-refractivity contribution in [2.24, 2.45) is 0 Å². The summed E-state index contributed by atoms with van der Waals surface area (Å²) in [4.78, 5) is 8.36. The molecule has 4 rings (SSSR count). The van der Waals surface area contributed by atoms with Crippen LogP contribution in [0.4, 0.5) is 5.82 Å². The molecule has 0 atom stereocenters. The largest absolute Gasteiger partial charge is 0.383 e. The maximum absolute atomic E-state index is 12.1. The van der Waals surface area contributed by atoms with Crippen molar-refractivity contribution in [3.63, 3.8) is 0 Å². The van der Waals surface area contributed by atoms with E-state index >= 15 is 0 Å². The minimum Gasteiger partial charge on any atom is -0.383 e. The van der Waals surface area contributed by atoms with Crippen LogP contribution >= 0.6 is 23.2 Å². The van der Waals surface area contributed by atoms with Gasteiger partial charge in [0, 0.05) is 21.9 Å². The molecular formula is C18H13Cl2N5O2S. The van der Waals surface area contributed by atoms with Crippen molar-refractivity contribution in [2.75, 3.05) is 12.0 Å². The van der Waals surface area contributed by atoms with Crippen molar-refractivity contribution in [3.05, 3.63) is 58.6 Å². The van der Waals surface area contributed by atoms with Crippen LogP contribution in [0.1, 0.15) is 0 Å². The maximum Gasteiger partial charge on any atom is 0.249 e. The average Bonchev–Trinajstić information content (AvgIpc) is 2.98. The van der Waals surface area contributed by atoms with E-state index in [0.29, 0.717) is 32.4 Å². The number of nitrogens with zero attached hydrogens (tertiary/aromatic N) is 4. The molecule has 0 fully saturated rings. The van der Waals surface area contributed by atoms with E-state index < -0.39 is 9.84 Å². The number of nitrogen functional groups attached to an aromatic ring is 1. The first-order chi connectivity index (χ1) is 13.2. The van der Waals surface area contributed by atoms with Crippen LogP contribution in [0.5, 0.6) is 0 Å². The summed E-state index contributed by atoms with van der Waals surface area (Å²) in [5, 5.41) is 5.54. The van der Waals surface area contributed by atoms with Gasteiger partial charge in [0.1, 0.15) is 5.82 Å². The second kappa shape index (κ2) is 6.73. The van der Waals surface area contributed by atoms with Crippen LogP contribution in [0.25, 0.3) is 28.0 Å². The lowest BCUT2D eigenvalue weighted by Gasteiger charge is -2.07. The van der Waals surface area contributed by atoms with Gasteiger partial charge in [-0.15, -0.1) is 5.10 Å². The number of sulfone groups is 1. The van der Waals surface area contributed by atoms with Crippen LogP contribution in [-0.2, 0) is 9.84 Å². The topological polar surface area (TPSA) is 104 Å². The smallest absolute Gasteiger partial charge is 0.249 e. The van der Waals surface area contributed by atoms with Crippen LogP contribution in [0, 0.1) is 0 Å². The summed E-state index contributed by atoms with van der Waals surface area (Å²) in [7, 11) is -3.67. The molecule has 0 radical (unpaired) electrons. The Morgan fingerprint density at radius 3 is 2.36 bits per heavy atom. The highest BCUT2D eigenvalue weighted by molar-refractivity contribution is 7.90. The summed E-state index contributed by atoms with van der Waals surface area (Å²) in [5.41, 5.74) is 8.11. The van der Waals surface area contributed by atoms with Crippen LogP contribution < -0.4 is 5.73 Å². The molecule has 10 heteroatoms. The quantitative estimate of drug-likeness (QED) is 0.493. The minimum absolute atomic E-state index is 0.165. The molecular weight excluding hydrogens is 421 g/mol. The molecule has 0 spiro atoms. The molecule has 4 aromatic rings. The Morgan fingerprint density at radius 2 is 1.71 bits per heavy atom. The van der Waals surface area contributed by atoms with Crippen LogP contribution in [0.2, 0.25) is 10.0 Å². The van der Waals surface area contributed by atoms with Gasteiger partial charge >= 0.3 is 0 Å². The number of aromatic nitrogens is 4. The van der Waals surface area contributed by atoms with Crippen molar-refractivity contribution in [2.45, 2.75) is 5.16 Å². The maximum atomic E-state index is 12.1. The molecule has 2 aromatic heterocycles. The first-order valence-electron chi connectivity index (χ1n) is 8.02. The molecule has 0 unspecified atom stereocenters. The molecule has 0 aliphatic carbocycles. The van der Waals surface area contributed by atoms with Gasteiger partial charge in [-0.25, -0.2) is 18.1 Å². The third-order valence-corrected chi connectivity index (χ3v) is 5.38. The number of rotatable bonds is 3. The fourth-order valence-electron chi connectivity index (χ4n) is 2.78. The summed E-state index contributed by atoms with van der Waals surface area (Å²) in [6, 6.07) is 13.8. The molecule has 2 heterocycles. The fourth-order valence-corrected chi connectivity index (χ4v) is 3.61. The van der Waals surface area contributed by atoms with Crippen molar-refractivity contribution in [1.82, 2.24) is 19.7 Å². The molecule has 2 aromatic carbocycles. The predicted molar refractivity (Wildman–Crippen MR) is 110 cm³/mol. The summed E-state index contributed by atoms with van der Waals surface area (Å²) in [6.45, 7) is 0.